The van der Waals surface area contributed by atoms with Gasteiger partial charge in [0.15, 0.2) is 16.6 Å². The number of thiazole rings is 1. The molecule has 3 rings (SSSR count). The molecule has 0 unspecified atom stereocenters. The summed E-state index contributed by atoms with van der Waals surface area (Å²) in [6.45, 7) is 0. The highest BCUT2D eigenvalue weighted by Gasteiger charge is 2.11. The first kappa shape index (κ1) is 12.7. The van der Waals surface area contributed by atoms with Gasteiger partial charge in [0, 0.05) is 22.8 Å². The standard InChI is InChI=1S/C13H8F2N2O2S/c14-9-2-1-7(3-10(9)15)11-6-17-5-8(4-12(18)19)20-13(17)16-11/h1-3,5-6H,4H2,(H,18,19). The van der Waals surface area contributed by atoms with E-state index in [2.05, 4.69) is 4.98 Å². The molecule has 7 heteroatoms. The van der Waals surface area contributed by atoms with E-state index in [4.69, 9.17) is 5.11 Å². The van der Waals surface area contributed by atoms with Crippen molar-refractivity contribution in [2.24, 2.45) is 0 Å². The number of carboxylic acid groups (broad SMARTS) is 1. The van der Waals surface area contributed by atoms with Crippen molar-refractivity contribution >= 4 is 22.3 Å². The van der Waals surface area contributed by atoms with E-state index in [0.29, 0.717) is 21.1 Å². The smallest absolute Gasteiger partial charge is 0.308 e. The Balaban J connectivity index is 1.98. The van der Waals surface area contributed by atoms with Crippen molar-refractivity contribution in [3.63, 3.8) is 0 Å². The number of rotatable bonds is 3. The molecule has 3 aromatic rings. The Kier molecular flexibility index (Phi) is 2.98. The Morgan fingerprint density at radius 1 is 1.30 bits per heavy atom. The fraction of sp³-hybridized carbons (Fsp3) is 0.0769. The average molecular weight is 294 g/mol. The van der Waals surface area contributed by atoms with Crippen LogP contribution in [0.2, 0.25) is 0 Å². The lowest BCUT2D eigenvalue weighted by atomic mass is 10.1. The third-order valence-electron chi connectivity index (χ3n) is 2.74. The van der Waals surface area contributed by atoms with Crippen molar-refractivity contribution in [3.05, 3.63) is 47.1 Å². The number of halogens is 2. The van der Waals surface area contributed by atoms with Gasteiger partial charge in [-0.25, -0.2) is 13.8 Å². The van der Waals surface area contributed by atoms with Gasteiger partial charge in [-0.1, -0.05) is 0 Å². The van der Waals surface area contributed by atoms with E-state index in [1.165, 1.54) is 17.4 Å². The topological polar surface area (TPSA) is 54.6 Å². The van der Waals surface area contributed by atoms with Gasteiger partial charge >= 0.3 is 5.97 Å². The molecule has 1 aromatic carbocycles. The van der Waals surface area contributed by atoms with Crippen LogP contribution in [0.15, 0.2) is 30.6 Å². The normalized spacial score (nSPS) is 11.1. The number of fused-ring (bicyclic) bond motifs is 1. The van der Waals surface area contributed by atoms with Gasteiger partial charge in [-0.3, -0.25) is 9.20 Å². The summed E-state index contributed by atoms with van der Waals surface area (Å²) in [6, 6.07) is 3.58. The van der Waals surface area contributed by atoms with Crippen molar-refractivity contribution < 1.29 is 18.7 Å². The van der Waals surface area contributed by atoms with Crippen LogP contribution in [-0.4, -0.2) is 20.5 Å². The SMILES string of the molecule is O=C(O)Cc1cn2cc(-c3ccc(F)c(F)c3)nc2s1. The van der Waals surface area contributed by atoms with Gasteiger partial charge < -0.3 is 5.11 Å². The third kappa shape index (κ3) is 2.27. The van der Waals surface area contributed by atoms with Crippen molar-refractivity contribution in [2.45, 2.75) is 6.42 Å². The third-order valence-corrected chi connectivity index (χ3v) is 3.74. The summed E-state index contributed by atoms with van der Waals surface area (Å²) >= 11 is 1.25. The number of aliphatic carboxylic acids is 1. The van der Waals surface area contributed by atoms with Gasteiger partial charge in [0.2, 0.25) is 0 Å². The second-order valence-electron chi connectivity index (χ2n) is 4.21. The zero-order chi connectivity index (χ0) is 14.3. The van der Waals surface area contributed by atoms with E-state index in [1.807, 2.05) is 0 Å². The molecular weight excluding hydrogens is 286 g/mol. The number of carbonyl (C=O) groups is 1. The van der Waals surface area contributed by atoms with Crippen LogP contribution in [0, 0.1) is 11.6 Å². The lowest BCUT2D eigenvalue weighted by molar-refractivity contribution is -0.136. The minimum Gasteiger partial charge on any atom is -0.481 e. The van der Waals surface area contributed by atoms with Gasteiger partial charge in [0.05, 0.1) is 12.1 Å². The molecule has 0 aliphatic heterocycles. The van der Waals surface area contributed by atoms with Gasteiger partial charge in [-0.05, 0) is 18.2 Å². The highest BCUT2D eigenvalue weighted by atomic mass is 32.1. The van der Waals surface area contributed by atoms with Crippen LogP contribution in [0.5, 0.6) is 0 Å². The van der Waals surface area contributed by atoms with Gasteiger partial charge in [0.1, 0.15) is 0 Å². The largest absolute Gasteiger partial charge is 0.481 e. The Morgan fingerprint density at radius 2 is 2.10 bits per heavy atom. The molecule has 102 valence electrons. The van der Waals surface area contributed by atoms with Gasteiger partial charge in [0.25, 0.3) is 0 Å². The molecular formula is C13H8F2N2O2S. The predicted molar refractivity (Wildman–Crippen MR) is 69.8 cm³/mol. The van der Waals surface area contributed by atoms with Crippen LogP contribution in [0.3, 0.4) is 0 Å². The maximum Gasteiger partial charge on any atom is 0.308 e. The molecule has 0 atom stereocenters. The Labute approximate surface area is 115 Å². The molecule has 4 nitrogen and oxygen atoms in total. The van der Waals surface area contributed by atoms with Crippen molar-refractivity contribution in [1.29, 1.82) is 0 Å². The molecule has 2 heterocycles. The monoisotopic (exact) mass is 294 g/mol. The molecule has 0 bridgehead atoms. The Morgan fingerprint density at radius 3 is 2.75 bits per heavy atom. The van der Waals surface area contributed by atoms with Crippen molar-refractivity contribution in [3.8, 4) is 11.3 Å². The fourth-order valence-corrected chi connectivity index (χ4v) is 2.82. The van der Waals surface area contributed by atoms with Crippen LogP contribution >= 0.6 is 11.3 Å². The van der Waals surface area contributed by atoms with Crippen LogP contribution in [-0.2, 0) is 11.2 Å². The minimum atomic E-state index is -0.926. The Bertz CT molecular complexity index is 778. The van der Waals surface area contributed by atoms with E-state index in [1.54, 1.807) is 16.8 Å². The van der Waals surface area contributed by atoms with Gasteiger partial charge in [-0.15, -0.1) is 11.3 Å². The quantitative estimate of drug-likeness (QED) is 0.808. The lowest BCUT2D eigenvalue weighted by Crippen LogP contribution is -1.97. The molecule has 20 heavy (non-hydrogen) atoms. The molecule has 0 fully saturated rings. The second kappa shape index (κ2) is 4.68. The first-order valence-corrected chi connectivity index (χ1v) is 6.49. The number of hydrogen-bond acceptors (Lipinski definition) is 3. The summed E-state index contributed by atoms with van der Waals surface area (Å²) in [5.74, 6) is -2.74. The zero-order valence-electron chi connectivity index (χ0n) is 10.0. The van der Waals surface area contributed by atoms with E-state index < -0.39 is 17.6 Å². The zero-order valence-corrected chi connectivity index (χ0v) is 10.8. The number of hydrogen-bond donors (Lipinski definition) is 1. The van der Waals surface area contributed by atoms with Gasteiger partial charge in [-0.2, -0.15) is 0 Å². The molecule has 1 N–H and O–H groups in total. The lowest BCUT2D eigenvalue weighted by Gasteiger charge is -1.97. The van der Waals surface area contributed by atoms with Crippen LogP contribution < -0.4 is 0 Å². The first-order chi connectivity index (χ1) is 9.52. The number of carboxylic acids is 1. The minimum absolute atomic E-state index is 0.0610. The van der Waals surface area contributed by atoms with Crippen molar-refractivity contribution in [1.82, 2.24) is 9.38 Å². The molecule has 0 aliphatic rings. The second-order valence-corrected chi connectivity index (χ2v) is 5.31. The molecule has 0 saturated heterocycles. The molecule has 0 spiro atoms. The maximum absolute atomic E-state index is 13.2. The number of benzene rings is 1. The van der Waals surface area contributed by atoms with Crippen LogP contribution in [0.25, 0.3) is 16.2 Å². The van der Waals surface area contributed by atoms with E-state index >= 15 is 0 Å². The maximum atomic E-state index is 13.2. The first-order valence-electron chi connectivity index (χ1n) is 5.67. The highest BCUT2D eigenvalue weighted by molar-refractivity contribution is 7.17. The highest BCUT2D eigenvalue weighted by Crippen LogP contribution is 2.25. The number of nitrogens with zero attached hydrogens (tertiary/aromatic N) is 2. The average Bonchev–Trinajstić information content (AvgIpc) is 2.89. The molecule has 0 amide bonds. The van der Waals surface area contributed by atoms with Crippen LogP contribution in [0.4, 0.5) is 8.78 Å². The molecule has 0 aliphatic carbocycles. The number of aromatic nitrogens is 2. The van der Waals surface area contributed by atoms with E-state index in [-0.39, 0.29) is 6.42 Å². The summed E-state index contributed by atoms with van der Waals surface area (Å²) in [6.07, 6.45) is 3.27. The molecule has 0 saturated carbocycles. The summed E-state index contributed by atoms with van der Waals surface area (Å²) in [7, 11) is 0. The van der Waals surface area contributed by atoms with Crippen LogP contribution in [0.1, 0.15) is 4.88 Å². The summed E-state index contributed by atoms with van der Waals surface area (Å²) < 4.78 is 27.7. The van der Waals surface area contributed by atoms with Crippen molar-refractivity contribution in [2.75, 3.05) is 0 Å². The summed E-state index contributed by atoms with van der Waals surface area (Å²) in [4.78, 5) is 16.2. The molecule has 0 radical (unpaired) electrons. The fourth-order valence-electron chi connectivity index (χ4n) is 1.87. The summed E-state index contributed by atoms with van der Waals surface area (Å²) in [5, 5.41) is 8.72. The Hall–Kier alpha value is -2.28. The van der Waals surface area contributed by atoms with E-state index in [0.717, 1.165) is 12.1 Å². The van der Waals surface area contributed by atoms with E-state index in [9.17, 15) is 13.6 Å². The molecule has 2 aromatic heterocycles. The number of imidazole rings is 1. The summed E-state index contributed by atoms with van der Waals surface area (Å²) in [5.41, 5.74) is 0.983. The predicted octanol–water partition coefficient (Wildman–Crippen LogP) is 2.97.